The van der Waals surface area contributed by atoms with Crippen molar-refractivity contribution in [2.45, 2.75) is 19.4 Å². The Morgan fingerprint density at radius 3 is 2.35 bits per heavy atom. The van der Waals surface area contributed by atoms with Gasteiger partial charge in [0.2, 0.25) is 0 Å². The van der Waals surface area contributed by atoms with E-state index in [-0.39, 0.29) is 11.9 Å². The highest BCUT2D eigenvalue weighted by Gasteiger charge is 2.10. The summed E-state index contributed by atoms with van der Waals surface area (Å²) >= 11 is 0. The second-order valence-corrected chi connectivity index (χ2v) is 4.97. The molecule has 2 aromatic rings. The smallest absolute Gasteiger partial charge is 0.126 e. The van der Waals surface area contributed by atoms with Crippen molar-refractivity contribution < 1.29 is 9.13 Å². The molecule has 0 heterocycles. The average molecular weight is 273 g/mol. The molecule has 106 valence electrons. The van der Waals surface area contributed by atoms with Crippen LogP contribution in [0.2, 0.25) is 0 Å². The predicted molar refractivity (Wildman–Crippen MR) is 79.2 cm³/mol. The Hall–Kier alpha value is -1.71. The van der Waals surface area contributed by atoms with E-state index in [1.54, 1.807) is 20.1 Å². The zero-order chi connectivity index (χ0) is 14.5. The van der Waals surface area contributed by atoms with Gasteiger partial charge in [-0.05, 0) is 41.7 Å². The molecule has 0 radical (unpaired) electrons. The van der Waals surface area contributed by atoms with Crippen LogP contribution in [0.3, 0.4) is 0 Å². The van der Waals surface area contributed by atoms with Crippen LogP contribution in [0, 0.1) is 12.7 Å². The van der Waals surface area contributed by atoms with Gasteiger partial charge in [-0.15, -0.1) is 0 Å². The number of nitrogens with two attached hydrogens (primary N) is 1. The molecule has 0 saturated heterocycles. The summed E-state index contributed by atoms with van der Waals surface area (Å²) in [6, 6.07) is 12.9. The third-order valence-electron chi connectivity index (χ3n) is 3.49. The molecule has 0 bridgehead atoms. The molecule has 2 rings (SSSR count). The Bertz CT molecular complexity index is 566. The van der Waals surface area contributed by atoms with E-state index < -0.39 is 0 Å². The van der Waals surface area contributed by atoms with Gasteiger partial charge in [-0.2, -0.15) is 0 Å². The van der Waals surface area contributed by atoms with Crippen molar-refractivity contribution in [2.24, 2.45) is 5.73 Å². The average Bonchev–Trinajstić information content (AvgIpc) is 2.48. The minimum Gasteiger partial charge on any atom is -0.384 e. The van der Waals surface area contributed by atoms with Crippen LogP contribution in [0.25, 0.3) is 0 Å². The fourth-order valence-electron chi connectivity index (χ4n) is 2.11. The monoisotopic (exact) mass is 273 g/mol. The van der Waals surface area contributed by atoms with Crippen LogP contribution in [0.5, 0.6) is 0 Å². The lowest BCUT2D eigenvalue weighted by molar-refractivity contribution is 0.202. The minimum absolute atomic E-state index is 0.213. The quantitative estimate of drug-likeness (QED) is 0.906. The van der Waals surface area contributed by atoms with Crippen molar-refractivity contribution in [3.63, 3.8) is 0 Å². The van der Waals surface area contributed by atoms with Crippen molar-refractivity contribution in [3.8, 4) is 0 Å². The maximum Gasteiger partial charge on any atom is 0.126 e. The van der Waals surface area contributed by atoms with Crippen LogP contribution < -0.4 is 5.73 Å². The van der Waals surface area contributed by atoms with E-state index in [2.05, 4.69) is 0 Å². The number of benzene rings is 2. The molecule has 20 heavy (non-hydrogen) atoms. The second-order valence-electron chi connectivity index (χ2n) is 4.97. The Labute approximate surface area is 119 Å². The summed E-state index contributed by atoms with van der Waals surface area (Å²) in [6.45, 7) is 2.45. The van der Waals surface area contributed by atoms with Crippen LogP contribution in [0.4, 0.5) is 4.39 Å². The molecule has 0 aromatic heterocycles. The molecule has 0 aliphatic carbocycles. The number of aryl methyl sites for hydroxylation is 1. The van der Waals surface area contributed by atoms with Crippen LogP contribution >= 0.6 is 0 Å². The maximum atomic E-state index is 13.6. The van der Waals surface area contributed by atoms with Crippen LogP contribution in [0.1, 0.15) is 28.3 Å². The molecule has 2 nitrogen and oxygen atoms in total. The van der Waals surface area contributed by atoms with E-state index in [4.69, 9.17) is 10.5 Å². The summed E-state index contributed by atoms with van der Waals surface area (Å²) in [7, 11) is 1.69. The Morgan fingerprint density at radius 1 is 1.10 bits per heavy atom. The van der Waals surface area contributed by atoms with E-state index in [0.717, 1.165) is 17.5 Å². The molecule has 0 spiro atoms. The van der Waals surface area contributed by atoms with Crippen molar-refractivity contribution in [1.29, 1.82) is 0 Å². The SMILES string of the molecule is COCCc1ccc(C(N)c2ccc(C)c(F)c2)cc1. The Kier molecular flexibility index (Phi) is 4.88. The zero-order valence-corrected chi connectivity index (χ0v) is 11.9. The highest BCUT2D eigenvalue weighted by atomic mass is 19.1. The second kappa shape index (κ2) is 6.64. The van der Waals surface area contributed by atoms with Crippen molar-refractivity contribution in [1.82, 2.24) is 0 Å². The Morgan fingerprint density at radius 2 is 1.75 bits per heavy atom. The first kappa shape index (κ1) is 14.7. The number of hydrogen-bond donors (Lipinski definition) is 1. The summed E-state index contributed by atoms with van der Waals surface area (Å²) in [5.41, 5.74) is 9.81. The van der Waals surface area contributed by atoms with Gasteiger partial charge in [-0.3, -0.25) is 0 Å². The number of methoxy groups -OCH3 is 1. The molecule has 3 heteroatoms. The minimum atomic E-state index is -0.304. The van der Waals surface area contributed by atoms with Crippen LogP contribution in [-0.2, 0) is 11.2 Å². The number of halogens is 1. The zero-order valence-electron chi connectivity index (χ0n) is 11.9. The van der Waals surface area contributed by atoms with E-state index in [9.17, 15) is 4.39 Å². The van der Waals surface area contributed by atoms with Gasteiger partial charge < -0.3 is 10.5 Å². The van der Waals surface area contributed by atoms with Gasteiger partial charge in [0.25, 0.3) is 0 Å². The Balaban J connectivity index is 2.15. The summed E-state index contributed by atoms with van der Waals surface area (Å²) < 4.78 is 18.6. The van der Waals surface area contributed by atoms with Gasteiger partial charge in [0.1, 0.15) is 5.82 Å². The van der Waals surface area contributed by atoms with Gasteiger partial charge in [-0.1, -0.05) is 36.4 Å². The third-order valence-corrected chi connectivity index (χ3v) is 3.49. The molecular formula is C17H20FNO. The highest BCUT2D eigenvalue weighted by molar-refractivity contribution is 5.35. The molecule has 0 fully saturated rings. The lowest BCUT2D eigenvalue weighted by Crippen LogP contribution is -2.12. The standard InChI is InChI=1S/C17H20FNO/c1-12-3-6-15(11-16(12)18)17(19)14-7-4-13(5-8-14)9-10-20-2/h3-8,11,17H,9-10,19H2,1-2H3. The first-order valence-electron chi connectivity index (χ1n) is 6.71. The molecular weight excluding hydrogens is 253 g/mol. The normalized spacial score (nSPS) is 12.4. The van der Waals surface area contributed by atoms with Crippen LogP contribution in [0.15, 0.2) is 42.5 Å². The van der Waals surface area contributed by atoms with Gasteiger partial charge in [0.05, 0.1) is 12.6 Å². The molecule has 0 amide bonds. The van der Waals surface area contributed by atoms with E-state index in [1.165, 1.54) is 11.6 Å². The topological polar surface area (TPSA) is 35.2 Å². The molecule has 0 aliphatic heterocycles. The fraction of sp³-hybridized carbons (Fsp3) is 0.294. The third kappa shape index (κ3) is 3.44. The number of rotatable bonds is 5. The van der Waals surface area contributed by atoms with Gasteiger partial charge in [-0.25, -0.2) is 4.39 Å². The summed E-state index contributed by atoms with van der Waals surface area (Å²) in [5, 5.41) is 0. The van der Waals surface area contributed by atoms with Crippen molar-refractivity contribution in [3.05, 3.63) is 70.5 Å². The summed E-state index contributed by atoms with van der Waals surface area (Å²) in [6.07, 6.45) is 0.880. The molecule has 1 unspecified atom stereocenters. The highest BCUT2D eigenvalue weighted by Crippen LogP contribution is 2.22. The fourth-order valence-corrected chi connectivity index (χ4v) is 2.11. The number of ether oxygens (including phenoxy) is 1. The lowest BCUT2D eigenvalue weighted by Gasteiger charge is -2.14. The predicted octanol–water partition coefficient (Wildman–Crippen LogP) is 3.37. The van der Waals surface area contributed by atoms with E-state index in [0.29, 0.717) is 12.2 Å². The summed E-state index contributed by atoms with van der Waals surface area (Å²) in [4.78, 5) is 0. The first-order chi connectivity index (χ1) is 9.61. The van der Waals surface area contributed by atoms with Gasteiger partial charge in [0, 0.05) is 7.11 Å². The van der Waals surface area contributed by atoms with E-state index >= 15 is 0 Å². The van der Waals surface area contributed by atoms with Crippen LogP contribution in [-0.4, -0.2) is 13.7 Å². The number of hydrogen-bond acceptors (Lipinski definition) is 2. The molecule has 0 aliphatic rings. The van der Waals surface area contributed by atoms with Gasteiger partial charge in [0.15, 0.2) is 0 Å². The van der Waals surface area contributed by atoms with Gasteiger partial charge >= 0.3 is 0 Å². The lowest BCUT2D eigenvalue weighted by atomic mass is 9.97. The summed E-state index contributed by atoms with van der Waals surface area (Å²) in [5.74, 6) is -0.213. The molecule has 0 saturated carbocycles. The van der Waals surface area contributed by atoms with Crippen molar-refractivity contribution in [2.75, 3.05) is 13.7 Å². The maximum absolute atomic E-state index is 13.6. The molecule has 2 N–H and O–H groups in total. The molecule has 1 atom stereocenters. The van der Waals surface area contributed by atoms with Crippen molar-refractivity contribution >= 4 is 0 Å². The largest absolute Gasteiger partial charge is 0.384 e. The van der Waals surface area contributed by atoms with E-state index in [1.807, 2.05) is 30.3 Å². The molecule has 2 aromatic carbocycles. The first-order valence-corrected chi connectivity index (χ1v) is 6.71.